The number of amides is 2. The Kier molecular flexibility index (Phi) is 11.3. The molecule has 2 aliphatic rings. The van der Waals surface area contributed by atoms with Gasteiger partial charge in [0.2, 0.25) is 11.8 Å². The molecule has 6 heterocycles. The van der Waals surface area contributed by atoms with Gasteiger partial charge in [0.05, 0.1) is 33.9 Å². The number of carbonyl (C=O) groups is 2. The van der Waals surface area contributed by atoms with E-state index in [-0.39, 0.29) is 42.5 Å². The minimum absolute atomic E-state index is 0.0550. The predicted octanol–water partition coefficient (Wildman–Crippen LogP) is 6.85. The molecule has 302 valence electrons. The summed E-state index contributed by atoms with van der Waals surface area (Å²) in [6.07, 6.45) is -0.670. The lowest BCUT2D eigenvalue weighted by Gasteiger charge is -2.39. The van der Waals surface area contributed by atoms with Gasteiger partial charge in [-0.25, -0.2) is 4.98 Å². The number of para-hydroxylation sites is 1. The molecule has 15 heteroatoms. The van der Waals surface area contributed by atoms with Gasteiger partial charge in [0.25, 0.3) is 5.88 Å². The quantitative estimate of drug-likeness (QED) is 0.112. The zero-order valence-corrected chi connectivity index (χ0v) is 34.7. The number of aliphatic hydroxyl groups excluding tert-OH is 1. The fourth-order valence-electron chi connectivity index (χ4n) is 8.05. The number of aliphatic hydroxyl groups is 1. The zero-order chi connectivity index (χ0) is 40.7. The maximum absolute atomic E-state index is 14.1. The number of thiophene rings is 1. The number of thiazole rings is 1. The van der Waals surface area contributed by atoms with E-state index in [0.717, 1.165) is 45.0 Å². The van der Waals surface area contributed by atoms with Crippen molar-refractivity contribution in [3.05, 3.63) is 93.6 Å². The van der Waals surface area contributed by atoms with E-state index in [2.05, 4.69) is 37.5 Å². The Morgan fingerprint density at radius 1 is 1.03 bits per heavy atom. The van der Waals surface area contributed by atoms with Crippen molar-refractivity contribution in [2.24, 2.45) is 5.92 Å². The van der Waals surface area contributed by atoms with Crippen LogP contribution in [0.4, 0.5) is 0 Å². The molecule has 2 fully saturated rings. The van der Waals surface area contributed by atoms with Gasteiger partial charge >= 0.3 is 0 Å². The molecule has 8 rings (SSSR count). The summed E-state index contributed by atoms with van der Waals surface area (Å²) in [7, 11) is 0. The first kappa shape index (κ1) is 39.6. The monoisotopic (exact) mass is 821 g/mol. The molecule has 2 saturated heterocycles. The van der Waals surface area contributed by atoms with Crippen LogP contribution in [-0.4, -0.2) is 97.1 Å². The molecular formula is C43H47N7O6S2. The van der Waals surface area contributed by atoms with E-state index in [4.69, 9.17) is 9.26 Å². The highest BCUT2D eigenvalue weighted by molar-refractivity contribution is 7.19. The number of benzene rings is 2. The number of hydrogen-bond acceptors (Lipinski definition) is 13. The summed E-state index contributed by atoms with van der Waals surface area (Å²) in [6.45, 7) is 12.8. The molecule has 0 spiro atoms. The molecule has 2 amide bonds. The van der Waals surface area contributed by atoms with Crippen LogP contribution in [0.5, 0.6) is 11.6 Å². The number of phenolic OH excluding ortho intramolecular Hbond substituents is 1. The molecule has 0 radical (unpaired) electrons. The van der Waals surface area contributed by atoms with E-state index in [1.54, 1.807) is 40.9 Å². The second kappa shape index (κ2) is 16.6. The van der Waals surface area contributed by atoms with Crippen molar-refractivity contribution in [2.75, 3.05) is 32.8 Å². The van der Waals surface area contributed by atoms with Crippen molar-refractivity contribution < 1.29 is 29.1 Å². The molecule has 4 atom stereocenters. The first-order chi connectivity index (χ1) is 27.9. The van der Waals surface area contributed by atoms with Crippen LogP contribution in [0, 0.1) is 19.8 Å². The number of nitrogens with one attached hydrogen (secondary N) is 1. The number of aromatic hydroxyl groups is 1. The lowest BCUT2D eigenvalue weighted by Crippen LogP contribution is -2.48. The van der Waals surface area contributed by atoms with E-state index < -0.39 is 18.1 Å². The second-order valence-corrected chi connectivity index (χ2v) is 17.6. The number of aromatic nitrogens is 4. The second-order valence-electron chi connectivity index (χ2n) is 15.7. The summed E-state index contributed by atoms with van der Waals surface area (Å²) in [5.74, 6) is -0.280. The van der Waals surface area contributed by atoms with Gasteiger partial charge in [-0.2, -0.15) is 0 Å². The Morgan fingerprint density at radius 3 is 2.53 bits per heavy atom. The van der Waals surface area contributed by atoms with Crippen molar-refractivity contribution >= 4 is 44.7 Å². The Bertz CT molecular complexity index is 2420. The number of hydrogen-bond donors (Lipinski definition) is 3. The SMILES string of the molecule is Cc1ncsc1-c1ccc([C@H](C)NC(=O)[C@@H]2C[C@@H](O)CN2C(=O)[C@@H](c2cc(OCCN3CC(c4sc5nnc(-c6ccccc6O)cc5c4C)C3)no2)C(C)C)cc1. The van der Waals surface area contributed by atoms with Crippen molar-refractivity contribution in [3.63, 3.8) is 0 Å². The van der Waals surface area contributed by atoms with Crippen LogP contribution in [0.1, 0.15) is 72.5 Å². The normalized spacial score (nSPS) is 18.4. The number of ether oxygens (including phenoxy) is 1. The minimum Gasteiger partial charge on any atom is -0.507 e. The molecular weight excluding hydrogens is 775 g/mol. The van der Waals surface area contributed by atoms with Crippen LogP contribution >= 0.6 is 22.7 Å². The number of carbonyl (C=O) groups excluding carboxylic acids is 2. The van der Waals surface area contributed by atoms with Gasteiger partial charge < -0.3 is 29.7 Å². The first-order valence-electron chi connectivity index (χ1n) is 19.6. The zero-order valence-electron chi connectivity index (χ0n) is 33.1. The van der Waals surface area contributed by atoms with E-state index >= 15 is 0 Å². The summed E-state index contributed by atoms with van der Waals surface area (Å²) < 4.78 is 11.7. The lowest BCUT2D eigenvalue weighted by molar-refractivity contribution is -0.141. The van der Waals surface area contributed by atoms with E-state index in [1.807, 2.05) is 75.7 Å². The Hall–Kier alpha value is -5.22. The Labute approximate surface area is 344 Å². The number of aryl methyl sites for hydroxylation is 2. The third-order valence-corrected chi connectivity index (χ3v) is 13.6. The van der Waals surface area contributed by atoms with Gasteiger partial charge in [-0.1, -0.05) is 50.2 Å². The molecule has 0 bridgehead atoms. The van der Waals surface area contributed by atoms with Gasteiger partial charge in [-0.05, 0) is 66.7 Å². The third-order valence-electron chi connectivity index (χ3n) is 11.3. The molecule has 13 nitrogen and oxygen atoms in total. The lowest BCUT2D eigenvalue weighted by atomic mass is 9.91. The van der Waals surface area contributed by atoms with Crippen molar-refractivity contribution in [1.82, 2.24) is 35.5 Å². The van der Waals surface area contributed by atoms with Crippen molar-refractivity contribution in [1.29, 1.82) is 0 Å². The number of rotatable bonds is 13. The van der Waals surface area contributed by atoms with E-state index in [0.29, 0.717) is 42.0 Å². The third kappa shape index (κ3) is 7.95. The Balaban J connectivity index is 0.847. The van der Waals surface area contributed by atoms with Crippen LogP contribution in [0.15, 0.2) is 70.7 Å². The standard InChI is InChI=1S/C43H47N7O6S2/c1-23(2)38(43(54)50-21-30(51)16-34(50)41(53)45-25(4)27-10-12-28(13-11-27)40-26(5)44-22-57-40)36-18-37(48-56-36)55-15-14-49-19-29(20-49)39-24(3)32-17-33(46-47-42(32)58-39)31-8-6-7-9-35(31)52/h6-13,17-18,22-23,25,29-30,34,38,51-52H,14-16,19-21H2,1-5H3,(H,45,53)/t25-,30+,34-,38+/m0/s1. The topological polar surface area (TPSA) is 167 Å². The van der Waals surface area contributed by atoms with Crippen LogP contribution in [-0.2, 0) is 9.59 Å². The summed E-state index contributed by atoms with van der Waals surface area (Å²) >= 11 is 3.27. The fourth-order valence-corrected chi connectivity index (χ4v) is 10.1. The highest BCUT2D eigenvalue weighted by Gasteiger charge is 2.43. The van der Waals surface area contributed by atoms with Crippen molar-refractivity contribution in [3.8, 4) is 33.3 Å². The van der Waals surface area contributed by atoms with Crippen LogP contribution < -0.4 is 10.1 Å². The number of nitrogens with zero attached hydrogens (tertiary/aromatic N) is 6. The molecule has 2 aliphatic heterocycles. The average molecular weight is 822 g/mol. The molecule has 3 N–H and O–H groups in total. The van der Waals surface area contributed by atoms with Gasteiger partial charge in [-0.15, -0.1) is 32.9 Å². The first-order valence-corrected chi connectivity index (χ1v) is 21.3. The van der Waals surface area contributed by atoms with Gasteiger partial charge in [-0.3, -0.25) is 14.5 Å². The number of phenols is 1. The van der Waals surface area contributed by atoms with Crippen LogP contribution in [0.2, 0.25) is 0 Å². The predicted molar refractivity (Wildman–Crippen MR) is 223 cm³/mol. The summed E-state index contributed by atoms with van der Waals surface area (Å²) in [4.78, 5) is 39.2. The maximum atomic E-state index is 14.1. The van der Waals surface area contributed by atoms with Gasteiger partial charge in [0.1, 0.15) is 29.1 Å². The molecule has 0 saturated carbocycles. The largest absolute Gasteiger partial charge is 0.507 e. The minimum atomic E-state index is -0.824. The molecule has 4 aromatic heterocycles. The van der Waals surface area contributed by atoms with Crippen molar-refractivity contribution in [2.45, 2.75) is 71.1 Å². The highest BCUT2D eigenvalue weighted by atomic mass is 32.1. The van der Waals surface area contributed by atoms with E-state index in [1.165, 1.54) is 15.3 Å². The van der Waals surface area contributed by atoms with Gasteiger partial charge in [0.15, 0.2) is 5.76 Å². The maximum Gasteiger partial charge on any atom is 0.254 e. The van der Waals surface area contributed by atoms with Crippen LogP contribution in [0.25, 0.3) is 31.9 Å². The molecule has 58 heavy (non-hydrogen) atoms. The summed E-state index contributed by atoms with van der Waals surface area (Å²) in [6, 6.07) is 17.7. The number of fused-ring (bicyclic) bond motifs is 1. The highest BCUT2D eigenvalue weighted by Crippen LogP contribution is 2.40. The van der Waals surface area contributed by atoms with E-state index in [9.17, 15) is 19.8 Å². The molecule has 2 aromatic carbocycles. The number of β-amino-alcohol motifs (C(OH)–C–C–N with tert-alkyl or cyclic N) is 1. The summed E-state index contributed by atoms with van der Waals surface area (Å²) in [5.41, 5.74) is 7.33. The molecule has 0 aliphatic carbocycles. The van der Waals surface area contributed by atoms with Crippen LogP contribution in [0.3, 0.4) is 0 Å². The molecule has 6 aromatic rings. The Morgan fingerprint density at radius 2 is 1.81 bits per heavy atom. The average Bonchev–Trinajstić information content (AvgIpc) is 4.00. The molecule has 0 unspecified atom stereocenters. The van der Waals surface area contributed by atoms with Gasteiger partial charge in [0, 0.05) is 60.4 Å². The smallest absolute Gasteiger partial charge is 0.254 e. The number of likely N-dealkylation sites (tertiary alicyclic amines) is 2. The summed E-state index contributed by atoms with van der Waals surface area (Å²) in [5, 5.41) is 38.1. The fraction of sp³-hybridized carbons (Fsp3) is 0.395.